The molecule has 0 aromatic rings. The van der Waals surface area contributed by atoms with Crippen molar-refractivity contribution in [3.05, 3.63) is 0 Å². The molecule has 0 rings (SSSR count). The monoisotopic (exact) mass is 185 g/mol. The van der Waals surface area contributed by atoms with Gasteiger partial charge in [0.25, 0.3) is 0 Å². The molecule has 0 aliphatic heterocycles. The average molecular weight is 185 g/mol. The van der Waals surface area contributed by atoms with Crippen LogP contribution in [0.4, 0.5) is 0 Å². The van der Waals surface area contributed by atoms with Crippen molar-refractivity contribution in [3.63, 3.8) is 0 Å². The maximum Gasteiger partial charge on any atom is 1.00 e. The van der Waals surface area contributed by atoms with Crippen LogP contribution in [0.15, 0.2) is 0 Å². The Morgan fingerprint density at radius 1 is 1.40 bits per heavy atom. The summed E-state index contributed by atoms with van der Waals surface area (Å²) in [5.74, 6) is -1.74. The molecule has 0 aliphatic carbocycles. The van der Waals surface area contributed by atoms with E-state index in [1.807, 2.05) is 0 Å². The van der Waals surface area contributed by atoms with Gasteiger partial charge in [-0.15, -0.1) is 0 Å². The normalized spacial score (nSPS) is 9.00. The Morgan fingerprint density at radius 2 is 1.70 bits per heavy atom. The number of rotatable bonds is 2. The van der Waals surface area contributed by atoms with Gasteiger partial charge < -0.3 is 19.7 Å². The molecule has 5 nitrogen and oxygen atoms in total. The first-order valence-corrected chi connectivity index (χ1v) is 3.46. The fraction of sp³-hybridized carbons (Fsp3) is 0.500. The molecule has 0 heterocycles. The maximum absolute atomic E-state index is 9.72. The van der Waals surface area contributed by atoms with Crippen molar-refractivity contribution in [2.45, 2.75) is 0 Å². The number of aliphatic carboxylic acids is 1. The Balaban J connectivity index is -0.000000245. The zero-order valence-corrected chi connectivity index (χ0v) is 10.7. The van der Waals surface area contributed by atoms with Crippen molar-refractivity contribution in [1.82, 2.24) is 0 Å². The van der Waals surface area contributed by atoms with E-state index < -0.39 is 19.7 Å². The van der Waals surface area contributed by atoms with Crippen LogP contribution in [0.3, 0.4) is 0 Å². The van der Waals surface area contributed by atoms with Crippen LogP contribution in [-0.2, 0) is 9.36 Å². The van der Waals surface area contributed by atoms with E-state index in [-0.39, 0.29) is 59.1 Å². The summed E-state index contributed by atoms with van der Waals surface area (Å²) in [6, 6.07) is 0. The summed E-state index contributed by atoms with van der Waals surface area (Å²) < 4.78 is 9.72. The summed E-state index contributed by atoms with van der Waals surface area (Å²) in [5.41, 5.74) is 0. The molecule has 2 N–H and O–H groups in total. The average Bonchev–Trinajstić information content (AvgIpc) is 1.21. The molecule has 0 aromatic carbocycles. The maximum atomic E-state index is 9.72. The molecule has 0 aliphatic rings. The van der Waals surface area contributed by atoms with Crippen LogP contribution < -0.4 is 64.2 Å². The molecule has 0 bridgehead atoms. The van der Waals surface area contributed by atoms with Gasteiger partial charge in [-0.2, -0.15) is 0 Å². The molecule has 0 spiro atoms. The second-order valence-electron chi connectivity index (χ2n) is 1.19. The number of hydrogen-bond donors (Lipinski definition) is 2. The summed E-state index contributed by atoms with van der Waals surface area (Å²) in [6.45, 7) is 0. The molecule has 10 heavy (non-hydrogen) atoms. The first kappa shape index (κ1) is 17.6. The Bertz CT molecular complexity index is 141. The van der Waals surface area contributed by atoms with Crippen LogP contribution in [-0.4, -0.2) is 21.9 Å². The third-order valence-corrected chi connectivity index (χ3v) is 1.01. The minimum atomic E-state index is -4.38. The minimum absolute atomic E-state index is 0. The van der Waals surface area contributed by atoms with Crippen LogP contribution in [0.25, 0.3) is 0 Å². The van der Waals surface area contributed by atoms with Crippen LogP contribution >= 0.6 is 7.60 Å². The van der Waals surface area contributed by atoms with Crippen LogP contribution in [0, 0.1) is 0 Å². The van der Waals surface area contributed by atoms with Crippen LogP contribution in [0.2, 0.25) is 0 Å². The number of carboxylic acids is 1. The topological polar surface area (TPSA) is 97.7 Å². The Labute approximate surface area is 102 Å². The van der Waals surface area contributed by atoms with Gasteiger partial charge in [0.15, 0.2) is 0 Å². The smallest absolute Gasteiger partial charge is 0.549 e. The molecule has 0 atom stereocenters. The van der Waals surface area contributed by atoms with Gasteiger partial charge >= 0.3 is 66.7 Å². The predicted molar refractivity (Wildman–Crippen MR) is 21.9 cm³/mol. The van der Waals surface area contributed by atoms with Gasteiger partial charge in [-0.05, 0) is 0 Å². The van der Waals surface area contributed by atoms with Crippen molar-refractivity contribution >= 4 is 13.6 Å². The molecule has 0 fully saturated rings. The van der Waals surface area contributed by atoms with Crippen LogP contribution in [0.5, 0.6) is 0 Å². The summed E-state index contributed by atoms with van der Waals surface area (Å²) in [7, 11) is -4.38. The van der Waals surface area contributed by atoms with Gasteiger partial charge in [-0.3, -0.25) is 4.57 Å². The predicted octanol–water partition coefficient (Wildman–Crippen LogP) is -8.08. The second-order valence-corrected chi connectivity index (χ2v) is 2.84. The van der Waals surface area contributed by atoms with Crippen molar-refractivity contribution < 1.29 is 83.4 Å². The molecular weight excluding hydrogens is 181 g/mol. The SMILES string of the molecule is O=C([O-])CP(=O)(O)O.[Na+].[Na+]. The van der Waals surface area contributed by atoms with Gasteiger partial charge in [-0.1, -0.05) is 0 Å². The van der Waals surface area contributed by atoms with Gasteiger partial charge in [0, 0.05) is 0 Å². The Hall–Kier alpha value is 1.62. The van der Waals surface area contributed by atoms with E-state index in [4.69, 9.17) is 9.79 Å². The first-order chi connectivity index (χ1) is 3.42. The quantitative estimate of drug-likeness (QED) is 0.329. The van der Waals surface area contributed by atoms with Crippen LogP contribution in [0.1, 0.15) is 0 Å². The van der Waals surface area contributed by atoms with Crippen molar-refractivity contribution in [2.75, 3.05) is 6.16 Å². The third-order valence-electron chi connectivity index (χ3n) is 0.335. The summed E-state index contributed by atoms with van der Waals surface area (Å²) in [4.78, 5) is 25.2. The molecule has 0 saturated heterocycles. The zero-order chi connectivity index (χ0) is 6.78. The van der Waals surface area contributed by atoms with Gasteiger partial charge in [-0.25, -0.2) is 0 Å². The Kier molecular flexibility index (Phi) is 12.8. The first-order valence-electron chi connectivity index (χ1n) is 1.66. The van der Waals surface area contributed by atoms with Crippen molar-refractivity contribution in [2.24, 2.45) is 0 Å². The van der Waals surface area contributed by atoms with E-state index in [0.717, 1.165) is 0 Å². The van der Waals surface area contributed by atoms with E-state index in [1.165, 1.54) is 0 Å². The standard InChI is InChI=1S/C2H5O5P.2Na/c3-2(4)1-8(5,6)7;;/h1H2,(H,3,4)(H2,5,6,7);;/q;2*+1/p-1. The number of carbonyl (C=O) groups excluding carboxylic acids is 1. The second kappa shape index (κ2) is 7.28. The molecule has 8 heteroatoms. The summed E-state index contributed by atoms with van der Waals surface area (Å²) in [5, 5.41) is 9.41. The number of hydrogen-bond acceptors (Lipinski definition) is 3. The van der Waals surface area contributed by atoms with Crippen molar-refractivity contribution in [1.29, 1.82) is 0 Å². The molecule has 0 radical (unpaired) electrons. The molecular formula is C2H4Na2O5P+. The summed E-state index contributed by atoms with van der Waals surface area (Å²) >= 11 is 0. The van der Waals surface area contributed by atoms with E-state index in [1.54, 1.807) is 0 Å². The fourth-order valence-corrected chi connectivity index (χ4v) is 0.505. The number of carbonyl (C=O) groups is 1. The van der Waals surface area contributed by atoms with E-state index in [9.17, 15) is 14.5 Å². The van der Waals surface area contributed by atoms with E-state index in [2.05, 4.69) is 0 Å². The van der Waals surface area contributed by atoms with Gasteiger partial charge in [0.2, 0.25) is 0 Å². The molecule has 0 amide bonds. The Morgan fingerprint density at radius 3 is 1.70 bits per heavy atom. The molecule has 0 aromatic heterocycles. The van der Waals surface area contributed by atoms with Gasteiger partial charge in [0.1, 0.15) is 0 Å². The van der Waals surface area contributed by atoms with Crippen molar-refractivity contribution in [3.8, 4) is 0 Å². The molecule has 0 unspecified atom stereocenters. The molecule has 0 saturated carbocycles. The van der Waals surface area contributed by atoms with Gasteiger partial charge in [0.05, 0.1) is 12.1 Å². The summed E-state index contributed by atoms with van der Waals surface area (Å²) in [6.07, 6.45) is -1.20. The number of carboxylic acid groups (broad SMARTS) is 1. The minimum Gasteiger partial charge on any atom is -0.549 e. The largest absolute Gasteiger partial charge is 1.00 e. The third kappa shape index (κ3) is 16.3. The zero-order valence-electron chi connectivity index (χ0n) is 5.77. The van der Waals surface area contributed by atoms with E-state index >= 15 is 0 Å². The molecule has 48 valence electrons. The van der Waals surface area contributed by atoms with E-state index in [0.29, 0.717) is 0 Å². The fourth-order valence-electron chi connectivity index (χ4n) is 0.168.